The lowest BCUT2D eigenvalue weighted by Gasteiger charge is -2.32. The molecule has 0 aliphatic carbocycles. The molecule has 1 fully saturated rings. The molecular weight excluding hydrogens is 244 g/mol. The topological polar surface area (TPSA) is 64.8 Å². The van der Waals surface area contributed by atoms with Crippen LogP contribution in [0.3, 0.4) is 0 Å². The molecule has 1 heterocycles. The van der Waals surface area contributed by atoms with Crippen molar-refractivity contribution in [3.8, 4) is 5.75 Å². The molecule has 5 heteroatoms. The minimum Gasteiger partial charge on any atom is -0.492 e. The quantitative estimate of drug-likeness (QED) is 0.885. The predicted molar refractivity (Wildman–Crippen MR) is 73.5 cm³/mol. The highest BCUT2D eigenvalue weighted by molar-refractivity contribution is 5.90. The van der Waals surface area contributed by atoms with Gasteiger partial charge in [-0.2, -0.15) is 0 Å². The van der Waals surface area contributed by atoms with Gasteiger partial charge >= 0.3 is 6.09 Å². The fraction of sp³-hybridized carbons (Fsp3) is 0.500. The monoisotopic (exact) mass is 264 g/mol. The molecule has 1 unspecified atom stereocenters. The van der Waals surface area contributed by atoms with E-state index in [1.165, 1.54) is 0 Å². The van der Waals surface area contributed by atoms with E-state index in [0.29, 0.717) is 31.9 Å². The van der Waals surface area contributed by atoms with Gasteiger partial charge in [-0.15, -0.1) is 0 Å². The Kier molecular flexibility index (Phi) is 4.63. The molecule has 2 N–H and O–H groups in total. The van der Waals surface area contributed by atoms with Crippen molar-refractivity contribution in [3.05, 3.63) is 24.3 Å². The molecule has 5 nitrogen and oxygen atoms in total. The molecule has 1 saturated heterocycles. The summed E-state index contributed by atoms with van der Waals surface area (Å²) in [5, 5.41) is 0. The third-order valence-corrected chi connectivity index (χ3v) is 3.11. The largest absolute Gasteiger partial charge is 0.492 e. The summed E-state index contributed by atoms with van der Waals surface area (Å²) in [7, 11) is 0. The van der Waals surface area contributed by atoms with E-state index in [1.807, 2.05) is 31.2 Å². The average molecular weight is 264 g/mol. The molecule has 0 radical (unpaired) electrons. The number of cyclic esters (lactones) is 1. The molecule has 1 atom stereocenters. The third-order valence-electron chi connectivity index (χ3n) is 3.11. The van der Waals surface area contributed by atoms with Gasteiger partial charge < -0.3 is 15.2 Å². The molecule has 19 heavy (non-hydrogen) atoms. The first-order valence-corrected chi connectivity index (χ1v) is 6.66. The van der Waals surface area contributed by atoms with Crippen LogP contribution in [0.2, 0.25) is 0 Å². The van der Waals surface area contributed by atoms with Gasteiger partial charge in [-0.1, -0.05) is 12.1 Å². The summed E-state index contributed by atoms with van der Waals surface area (Å²) in [6.45, 7) is 3.65. The first-order valence-electron chi connectivity index (χ1n) is 6.66. The Labute approximate surface area is 113 Å². The Morgan fingerprint density at radius 1 is 1.47 bits per heavy atom. The van der Waals surface area contributed by atoms with Crippen molar-refractivity contribution >= 4 is 11.8 Å². The highest BCUT2D eigenvalue weighted by atomic mass is 16.6. The van der Waals surface area contributed by atoms with Crippen LogP contribution < -0.4 is 15.4 Å². The molecule has 1 aliphatic rings. The minimum atomic E-state index is -0.322. The maximum atomic E-state index is 12.0. The molecule has 1 aromatic carbocycles. The van der Waals surface area contributed by atoms with Gasteiger partial charge in [0.05, 0.1) is 12.3 Å². The second-order valence-corrected chi connectivity index (χ2v) is 4.42. The summed E-state index contributed by atoms with van der Waals surface area (Å²) in [5.74, 6) is 0.708. The van der Waals surface area contributed by atoms with Crippen LogP contribution >= 0.6 is 0 Å². The van der Waals surface area contributed by atoms with Gasteiger partial charge in [0.2, 0.25) is 0 Å². The number of nitrogens with two attached hydrogens (primary N) is 1. The number of hydrogen-bond acceptors (Lipinski definition) is 4. The van der Waals surface area contributed by atoms with Crippen molar-refractivity contribution in [2.24, 2.45) is 5.73 Å². The number of carbonyl (C=O) groups excluding carboxylic acids is 1. The Hall–Kier alpha value is -1.75. The first-order chi connectivity index (χ1) is 9.26. The zero-order valence-corrected chi connectivity index (χ0v) is 11.2. The number of carbonyl (C=O) groups is 1. The van der Waals surface area contributed by atoms with E-state index in [1.54, 1.807) is 4.90 Å². The van der Waals surface area contributed by atoms with Crippen molar-refractivity contribution in [1.82, 2.24) is 0 Å². The number of amides is 1. The molecular formula is C14H20N2O3. The van der Waals surface area contributed by atoms with Gasteiger partial charge in [0.15, 0.2) is 0 Å². The second-order valence-electron chi connectivity index (χ2n) is 4.42. The van der Waals surface area contributed by atoms with Crippen molar-refractivity contribution < 1.29 is 14.3 Å². The summed E-state index contributed by atoms with van der Waals surface area (Å²) in [6, 6.07) is 7.51. The number of para-hydroxylation sites is 2. The van der Waals surface area contributed by atoms with Crippen LogP contribution in [0.5, 0.6) is 5.75 Å². The number of anilines is 1. The second kappa shape index (κ2) is 6.43. The smallest absolute Gasteiger partial charge is 0.414 e. The van der Waals surface area contributed by atoms with Gasteiger partial charge in [-0.25, -0.2) is 4.79 Å². The lowest BCUT2D eigenvalue weighted by atomic mass is 10.1. The van der Waals surface area contributed by atoms with Crippen molar-refractivity contribution in [1.29, 1.82) is 0 Å². The number of rotatable bonds is 5. The average Bonchev–Trinajstić information content (AvgIpc) is 2.41. The molecule has 1 amide bonds. The van der Waals surface area contributed by atoms with E-state index in [9.17, 15) is 4.79 Å². The first kappa shape index (κ1) is 13.7. The van der Waals surface area contributed by atoms with E-state index in [2.05, 4.69) is 0 Å². The summed E-state index contributed by atoms with van der Waals surface area (Å²) >= 11 is 0. The van der Waals surface area contributed by atoms with Crippen molar-refractivity contribution in [3.63, 3.8) is 0 Å². The van der Waals surface area contributed by atoms with E-state index in [4.69, 9.17) is 15.2 Å². The molecule has 1 aromatic rings. The SMILES string of the molecule is CCOc1ccccc1N1CCC(CCN)OC1=O. The molecule has 0 spiro atoms. The normalized spacial score (nSPS) is 19.2. The van der Waals surface area contributed by atoms with Crippen LogP contribution in [0.4, 0.5) is 10.5 Å². The van der Waals surface area contributed by atoms with Crippen molar-refractivity contribution in [2.75, 3.05) is 24.6 Å². The van der Waals surface area contributed by atoms with Crippen LogP contribution in [-0.4, -0.2) is 31.9 Å². The molecule has 1 aliphatic heterocycles. The predicted octanol–water partition coefficient (Wildman–Crippen LogP) is 2.15. The third kappa shape index (κ3) is 3.17. The van der Waals surface area contributed by atoms with Crippen molar-refractivity contribution in [2.45, 2.75) is 25.9 Å². The Bertz CT molecular complexity index is 436. The highest BCUT2D eigenvalue weighted by Gasteiger charge is 2.29. The Morgan fingerprint density at radius 3 is 2.95 bits per heavy atom. The number of ether oxygens (including phenoxy) is 2. The van der Waals surface area contributed by atoms with E-state index >= 15 is 0 Å². The van der Waals surface area contributed by atoms with Gasteiger partial charge in [0, 0.05) is 13.0 Å². The lowest BCUT2D eigenvalue weighted by Crippen LogP contribution is -2.42. The lowest BCUT2D eigenvalue weighted by molar-refractivity contribution is 0.0804. The summed E-state index contributed by atoms with van der Waals surface area (Å²) in [5.41, 5.74) is 6.25. The molecule has 104 valence electrons. The van der Waals surface area contributed by atoms with Gasteiger partial charge in [-0.3, -0.25) is 4.90 Å². The van der Waals surface area contributed by atoms with E-state index in [-0.39, 0.29) is 12.2 Å². The zero-order chi connectivity index (χ0) is 13.7. The maximum Gasteiger partial charge on any atom is 0.414 e. The minimum absolute atomic E-state index is 0.0620. The van der Waals surface area contributed by atoms with Gasteiger partial charge in [0.25, 0.3) is 0 Å². The van der Waals surface area contributed by atoms with E-state index in [0.717, 1.165) is 12.1 Å². The number of hydrogen-bond donors (Lipinski definition) is 1. The van der Waals surface area contributed by atoms with Crippen LogP contribution in [0.1, 0.15) is 19.8 Å². The number of nitrogens with zero attached hydrogens (tertiary/aromatic N) is 1. The van der Waals surface area contributed by atoms with Crippen LogP contribution in [0.25, 0.3) is 0 Å². The Morgan fingerprint density at radius 2 is 2.26 bits per heavy atom. The fourth-order valence-corrected chi connectivity index (χ4v) is 2.20. The Balaban J connectivity index is 2.12. The summed E-state index contributed by atoms with van der Waals surface area (Å²) in [4.78, 5) is 13.7. The maximum absolute atomic E-state index is 12.0. The van der Waals surface area contributed by atoms with Gasteiger partial charge in [0.1, 0.15) is 11.9 Å². The van der Waals surface area contributed by atoms with Crippen LogP contribution in [-0.2, 0) is 4.74 Å². The van der Waals surface area contributed by atoms with Gasteiger partial charge in [-0.05, 0) is 32.0 Å². The number of benzene rings is 1. The highest BCUT2D eigenvalue weighted by Crippen LogP contribution is 2.31. The van der Waals surface area contributed by atoms with E-state index < -0.39 is 0 Å². The fourth-order valence-electron chi connectivity index (χ4n) is 2.20. The standard InChI is InChI=1S/C14H20N2O3/c1-2-18-13-6-4-3-5-12(13)16-10-8-11(7-9-15)19-14(16)17/h3-6,11H,2,7-10,15H2,1H3. The zero-order valence-electron chi connectivity index (χ0n) is 11.2. The summed E-state index contributed by atoms with van der Waals surface area (Å²) < 4.78 is 10.9. The summed E-state index contributed by atoms with van der Waals surface area (Å²) in [6.07, 6.45) is 1.13. The molecule has 0 saturated carbocycles. The molecule has 2 rings (SSSR count). The van der Waals surface area contributed by atoms with Crippen LogP contribution in [0.15, 0.2) is 24.3 Å². The molecule has 0 bridgehead atoms. The van der Waals surface area contributed by atoms with Crippen LogP contribution in [0, 0.1) is 0 Å². The molecule has 0 aromatic heterocycles.